The molecule has 36 heavy (non-hydrogen) atoms. The van der Waals surface area contributed by atoms with Crippen LogP contribution in [0.3, 0.4) is 0 Å². The van der Waals surface area contributed by atoms with Crippen LogP contribution in [0.15, 0.2) is 71.6 Å². The number of rotatable bonds is 10. The van der Waals surface area contributed by atoms with Crippen molar-refractivity contribution in [3.05, 3.63) is 77.9 Å². The minimum absolute atomic E-state index is 0. The topological polar surface area (TPSA) is 108 Å². The highest BCUT2D eigenvalue weighted by Crippen LogP contribution is 2.51. The predicted molar refractivity (Wildman–Crippen MR) is 141 cm³/mol. The number of hydrogen-bond acceptors (Lipinski definition) is 5. The van der Waals surface area contributed by atoms with Gasteiger partial charge in [-0.2, -0.15) is 0 Å². The van der Waals surface area contributed by atoms with E-state index in [1.807, 2.05) is 67.6 Å². The molecule has 8 heteroatoms. The first-order valence-electron chi connectivity index (χ1n) is 11.9. The quantitative estimate of drug-likeness (QED) is 0.447. The van der Waals surface area contributed by atoms with E-state index in [-0.39, 0.29) is 26.1 Å². The fourth-order valence-electron chi connectivity index (χ4n) is 4.65. The molecule has 0 spiro atoms. The number of nitrogens with zero attached hydrogens (tertiary/aromatic N) is 1. The molecule has 1 aliphatic heterocycles. The van der Waals surface area contributed by atoms with Gasteiger partial charge in [0.1, 0.15) is 16.8 Å². The molecule has 1 atom stereocenters. The summed E-state index contributed by atoms with van der Waals surface area (Å²) in [6.07, 6.45) is 2.08. The molecule has 0 bridgehead atoms. The lowest BCUT2D eigenvalue weighted by atomic mass is 9.87. The summed E-state index contributed by atoms with van der Waals surface area (Å²) in [5.41, 5.74) is 3.58. The zero-order chi connectivity index (χ0) is 24.4. The second-order valence-corrected chi connectivity index (χ2v) is 10.5. The van der Waals surface area contributed by atoms with Crippen molar-refractivity contribution >= 4 is 16.8 Å². The summed E-state index contributed by atoms with van der Waals surface area (Å²) in [6, 6.07) is 21.5. The molecule has 5 rings (SSSR count). The number of fused-ring (bicyclic) bond motifs is 1. The van der Waals surface area contributed by atoms with Crippen LogP contribution in [0, 0.1) is 0 Å². The Hall–Kier alpha value is -3.04. The van der Waals surface area contributed by atoms with Crippen LogP contribution in [-0.2, 0) is 27.6 Å². The Labute approximate surface area is 215 Å². The van der Waals surface area contributed by atoms with Gasteiger partial charge in [0.05, 0.1) is 16.9 Å². The van der Waals surface area contributed by atoms with Crippen molar-refractivity contribution in [1.29, 1.82) is 0 Å². The van der Waals surface area contributed by atoms with E-state index in [2.05, 4.69) is 6.07 Å². The number of aliphatic hydroxyl groups is 1. The van der Waals surface area contributed by atoms with Crippen LogP contribution in [-0.4, -0.2) is 51.4 Å². The molecule has 3 N–H and O–H groups in total. The Morgan fingerprint density at radius 1 is 1.03 bits per heavy atom. The summed E-state index contributed by atoms with van der Waals surface area (Å²) in [6.45, 7) is 3.09. The number of hydrogen-bond donors (Lipinski definition) is 1. The molecule has 0 aromatic heterocycles. The van der Waals surface area contributed by atoms with E-state index in [9.17, 15) is 14.1 Å². The number of benzene rings is 3. The van der Waals surface area contributed by atoms with Crippen molar-refractivity contribution in [2.45, 2.75) is 36.5 Å². The van der Waals surface area contributed by atoms with E-state index in [1.165, 1.54) is 0 Å². The number of Topliss-reactive ketones (excluding diaryl/α,β-unsaturated/α-hetero) is 1. The fraction of sp³-hybridized carbons (Fsp3) is 0.321. The van der Waals surface area contributed by atoms with Gasteiger partial charge >= 0.3 is 0 Å². The van der Waals surface area contributed by atoms with Gasteiger partial charge in [-0.1, -0.05) is 49.4 Å². The molecule has 1 heterocycles. The summed E-state index contributed by atoms with van der Waals surface area (Å²) >= 11 is 0. The van der Waals surface area contributed by atoms with Gasteiger partial charge in [-0.05, 0) is 59.4 Å². The Morgan fingerprint density at radius 3 is 2.47 bits per heavy atom. The third-order valence-electron chi connectivity index (χ3n) is 6.83. The number of carbonyl (C=O) groups is 1. The second kappa shape index (κ2) is 10.9. The molecule has 192 valence electrons. The molecule has 7 nitrogen and oxygen atoms in total. The van der Waals surface area contributed by atoms with Crippen molar-refractivity contribution in [1.82, 2.24) is 4.31 Å². The lowest BCUT2D eigenvalue weighted by Gasteiger charge is -2.18. The normalized spacial score (nSPS) is 15.9. The van der Waals surface area contributed by atoms with Crippen LogP contribution in [0.4, 0.5) is 0 Å². The number of ether oxygens (including phenoxy) is 2. The van der Waals surface area contributed by atoms with Gasteiger partial charge in [-0.15, -0.1) is 0 Å². The van der Waals surface area contributed by atoms with Crippen molar-refractivity contribution in [3.63, 3.8) is 0 Å². The lowest BCUT2D eigenvalue weighted by molar-refractivity contribution is -0.120. The maximum absolute atomic E-state index is 13.4. The van der Waals surface area contributed by atoms with Crippen LogP contribution in [0.1, 0.15) is 32.3 Å². The summed E-state index contributed by atoms with van der Waals surface area (Å²) in [7, 11) is -1.31. The number of likely N-dealkylation sites (N-methyl/N-ethyl adjacent to an activating group) is 1. The summed E-state index contributed by atoms with van der Waals surface area (Å²) < 4.78 is 25.4. The Kier molecular flexibility index (Phi) is 7.90. The van der Waals surface area contributed by atoms with E-state index in [4.69, 9.17) is 9.47 Å². The van der Waals surface area contributed by atoms with Gasteiger partial charge in [0.15, 0.2) is 11.5 Å². The van der Waals surface area contributed by atoms with Crippen LogP contribution in [0.5, 0.6) is 11.5 Å². The first kappa shape index (κ1) is 26.0. The second-order valence-electron chi connectivity index (χ2n) is 8.97. The van der Waals surface area contributed by atoms with Crippen LogP contribution < -0.4 is 9.47 Å². The van der Waals surface area contributed by atoms with Crippen LogP contribution >= 0.6 is 0 Å². The molecule has 0 amide bonds. The Bertz CT molecular complexity index is 1260. The minimum Gasteiger partial charge on any atom is -0.454 e. The number of ketones is 1. The molecule has 0 radical (unpaired) electrons. The predicted octanol–water partition coefficient (Wildman–Crippen LogP) is 3.68. The number of aliphatic hydroxyl groups excluding tert-OH is 1. The van der Waals surface area contributed by atoms with Gasteiger partial charge in [0, 0.05) is 20.9 Å². The van der Waals surface area contributed by atoms with Crippen LogP contribution in [0.25, 0.3) is 11.1 Å². The van der Waals surface area contributed by atoms with E-state index < -0.39 is 16.4 Å². The molecule has 1 unspecified atom stereocenters. The molecule has 1 aliphatic carbocycles. The highest BCUT2D eigenvalue weighted by Gasteiger charge is 2.50. The highest BCUT2D eigenvalue weighted by molar-refractivity contribution is 7.82. The summed E-state index contributed by atoms with van der Waals surface area (Å²) in [5.74, 6) is 1.67. The summed E-state index contributed by atoms with van der Waals surface area (Å²) in [5, 5.41) is 9.19. The van der Waals surface area contributed by atoms with Gasteiger partial charge in [0.2, 0.25) is 6.79 Å². The standard InChI is InChI=1S/C28H29NO5S.H2O.H2/c1-2-29(14-15-30)35(32)24-9-6-21(7-10-24)22-5-3-4-20(16-22)17-27(31)28(12-13-28)23-8-11-25-26(18-23)34-19-33-25;;/h3-11,16,18,30H,2,12-15,17,19H2,1H3;1H2;1H. The smallest absolute Gasteiger partial charge is 0.231 e. The zero-order valence-corrected chi connectivity index (χ0v) is 21.1. The van der Waals surface area contributed by atoms with Crippen molar-refractivity contribution in [2.75, 3.05) is 26.5 Å². The molecule has 1 fully saturated rings. The largest absolute Gasteiger partial charge is 0.454 e. The first-order valence-corrected chi connectivity index (χ1v) is 13.1. The molecular formula is C28H33NO6S. The number of carbonyl (C=O) groups excluding carboxylic acids is 1. The third kappa shape index (κ3) is 5.08. The van der Waals surface area contributed by atoms with E-state index in [1.54, 1.807) is 4.31 Å². The molecule has 0 saturated heterocycles. The van der Waals surface area contributed by atoms with Gasteiger partial charge in [-0.25, -0.2) is 8.51 Å². The highest BCUT2D eigenvalue weighted by atomic mass is 32.2. The minimum atomic E-state index is -1.31. The van der Waals surface area contributed by atoms with Crippen LogP contribution in [0.2, 0.25) is 0 Å². The maximum Gasteiger partial charge on any atom is 0.231 e. The molecular weight excluding hydrogens is 478 g/mol. The monoisotopic (exact) mass is 511 g/mol. The Morgan fingerprint density at radius 2 is 1.78 bits per heavy atom. The van der Waals surface area contributed by atoms with E-state index in [0.29, 0.717) is 30.2 Å². The van der Waals surface area contributed by atoms with E-state index >= 15 is 0 Å². The zero-order valence-electron chi connectivity index (χ0n) is 20.2. The SMILES string of the molecule is CCN(CCO)S(=O)c1ccc(-c2cccc(CC(=O)C3(c4ccc5c(c4)OCO5)CC3)c2)cc1.O.[HH]. The molecule has 3 aromatic carbocycles. The molecule has 2 aliphatic rings. The molecule has 3 aromatic rings. The average molecular weight is 512 g/mol. The maximum atomic E-state index is 13.4. The van der Waals surface area contributed by atoms with Crippen molar-refractivity contribution in [3.8, 4) is 22.6 Å². The Balaban J connectivity index is 0.00000190. The van der Waals surface area contributed by atoms with Gasteiger partial charge < -0.3 is 20.1 Å². The van der Waals surface area contributed by atoms with Gasteiger partial charge in [-0.3, -0.25) is 4.79 Å². The average Bonchev–Trinajstić information content (AvgIpc) is 3.58. The summed E-state index contributed by atoms with van der Waals surface area (Å²) in [4.78, 5) is 14.1. The lowest BCUT2D eigenvalue weighted by Crippen LogP contribution is -2.28. The third-order valence-corrected chi connectivity index (χ3v) is 8.41. The fourth-order valence-corrected chi connectivity index (χ4v) is 5.79. The van der Waals surface area contributed by atoms with Crippen molar-refractivity contribution < 1.29 is 30.5 Å². The first-order chi connectivity index (χ1) is 17.0. The molecule has 1 saturated carbocycles. The van der Waals surface area contributed by atoms with Gasteiger partial charge in [0.25, 0.3) is 0 Å². The van der Waals surface area contributed by atoms with Crippen molar-refractivity contribution in [2.24, 2.45) is 0 Å². The van der Waals surface area contributed by atoms with E-state index in [0.717, 1.165) is 40.8 Å².